The Hall–Kier alpha value is -2.73. The molecule has 0 bridgehead atoms. The van der Waals surface area contributed by atoms with Crippen molar-refractivity contribution in [3.8, 4) is 0 Å². The van der Waals surface area contributed by atoms with Gasteiger partial charge in [-0.25, -0.2) is 0 Å². The lowest BCUT2D eigenvalue weighted by atomic mass is 9.92. The van der Waals surface area contributed by atoms with Gasteiger partial charge in [0.15, 0.2) is 11.7 Å². The first-order valence-corrected chi connectivity index (χ1v) is 11.7. The molecule has 1 saturated carbocycles. The van der Waals surface area contributed by atoms with Crippen molar-refractivity contribution in [3.05, 3.63) is 0 Å². The van der Waals surface area contributed by atoms with Gasteiger partial charge in [-0.1, -0.05) is 19.8 Å². The van der Waals surface area contributed by atoms with Crippen molar-refractivity contribution in [1.82, 2.24) is 20.9 Å². The van der Waals surface area contributed by atoms with Crippen LogP contribution in [0.5, 0.6) is 0 Å². The minimum atomic E-state index is -0.901. The largest absolute Gasteiger partial charge is 0.370 e. The van der Waals surface area contributed by atoms with Gasteiger partial charge in [0.25, 0.3) is 0 Å². The fourth-order valence-electron chi connectivity index (χ4n) is 4.79. The van der Waals surface area contributed by atoms with Crippen LogP contribution in [0.4, 0.5) is 0 Å². The van der Waals surface area contributed by atoms with Gasteiger partial charge in [0, 0.05) is 19.6 Å². The number of rotatable bonds is 11. The van der Waals surface area contributed by atoms with E-state index in [1.807, 2.05) is 4.90 Å². The summed E-state index contributed by atoms with van der Waals surface area (Å²) in [6.07, 6.45) is 4.68. The van der Waals surface area contributed by atoms with Crippen LogP contribution in [0.15, 0.2) is 4.99 Å². The Balaban J connectivity index is 1.74. The van der Waals surface area contributed by atoms with Crippen molar-refractivity contribution < 1.29 is 19.2 Å². The molecule has 2 saturated heterocycles. The standard InChI is InChI=1S/C21H36N8O4/c1-2-3-5-12-18(32)27-13(10-26-12)16(30)21(7-8-21)29-11-14(17(22)31)28-19(33)15(29)6-4-9-25-20(23)24/h12-15,26H,2-11H2,1H3,(H2,22,31)(H,27,32)(H,28,33)(H4,23,24,25)/t12-,13-,14+,15+/m1/s1. The highest BCUT2D eigenvalue weighted by Gasteiger charge is 2.60. The van der Waals surface area contributed by atoms with Crippen molar-refractivity contribution in [2.24, 2.45) is 22.2 Å². The fourth-order valence-corrected chi connectivity index (χ4v) is 4.79. The Labute approximate surface area is 193 Å². The fraction of sp³-hybridized carbons (Fsp3) is 0.762. The highest BCUT2D eigenvalue weighted by atomic mass is 16.2. The zero-order valence-electron chi connectivity index (χ0n) is 19.1. The number of nitrogens with one attached hydrogen (secondary N) is 3. The molecule has 0 unspecified atom stereocenters. The van der Waals surface area contributed by atoms with Gasteiger partial charge in [0.1, 0.15) is 12.1 Å². The van der Waals surface area contributed by atoms with Crippen molar-refractivity contribution in [1.29, 1.82) is 0 Å². The molecule has 2 heterocycles. The lowest BCUT2D eigenvalue weighted by molar-refractivity contribution is -0.144. The maximum absolute atomic E-state index is 13.6. The number of carbonyl (C=O) groups excluding carboxylic acids is 4. The number of Topliss-reactive ketones (excluding diaryl/α,β-unsaturated/α-hetero) is 1. The summed E-state index contributed by atoms with van der Waals surface area (Å²) in [5, 5.41) is 8.73. The molecule has 0 aromatic heterocycles. The van der Waals surface area contributed by atoms with Gasteiger partial charge < -0.3 is 33.2 Å². The van der Waals surface area contributed by atoms with E-state index in [1.54, 1.807) is 0 Å². The zero-order chi connectivity index (χ0) is 24.2. The summed E-state index contributed by atoms with van der Waals surface area (Å²) in [5.74, 6) is -1.34. The van der Waals surface area contributed by atoms with Crippen LogP contribution in [0.2, 0.25) is 0 Å². The molecule has 184 valence electrons. The normalized spacial score (nSPS) is 29.0. The molecule has 3 amide bonds. The van der Waals surface area contributed by atoms with Gasteiger partial charge in [-0.2, -0.15) is 0 Å². The number of primary amides is 1. The number of carbonyl (C=O) groups is 4. The molecule has 12 nitrogen and oxygen atoms in total. The lowest BCUT2D eigenvalue weighted by Gasteiger charge is -2.44. The summed E-state index contributed by atoms with van der Waals surface area (Å²) in [7, 11) is 0. The number of guanidine groups is 1. The summed E-state index contributed by atoms with van der Waals surface area (Å²) < 4.78 is 0. The first-order chi connectivity index (χ1) is 15.7. The number of piperazine rings is 2. The molecule has 0 aromatic rings. The second kappa shape index (κ2) is 10.5. The van der Waals surface area contributed by atoms with Crippen molar-refractivity contribution >= 4 is 29.5 Å². The maximum Gasteiger partial charge on any atom is 0.241 e. The second-order valence-corrected chi connectivity index (χ2v) is 9.14. The van der Waals surface area contributed by atoms with Crippen LogP contribution >= 0.6 is 0 Å². The van der Waals surface area contributed by atoms with Gasteiger partial charge in [-0.3, -0.25) is 29.1 Å². The van der Waals surface area contributed by atoms with E-state index in [4.69, 9.17) is 17.2 Å². The Bertz CT molecular complexity index is 808. The maximum atomic E-state index is 13.6. The topological polar surface area (TPSA) is 198 Å². The Morgan fingerprint density at radius 2 is 1.76 bits per heavy atom. The van der Waals surface area contributed by atoms with Crippen molar-refractivity contribution in [2.75, 3.05) is 19.6 Å². The quantitative estimate of drug-likeness (QED) is 0.109. The Morgan fingerprint density at radius 1 is 1.06 bits per heavy atom. The van der Waals surface area contributed by atoms with Crippen LogP contribution in [-0.4, -0.2) is 83.7 Å². The second-order valence-electron chi connectivity index (χ2n) is 9.14. The summed E-state index contributed by atoms with van der Waals surface area (Å²) in [6, 6.07) is -2.48. The predicted molar refractivity (Wildman–Crippen MR) is 122 cm³/mol. The average molecular weight is 465 g/mol. The van der Waals surface area contributed by atoms with Crippen LogP contribution in [0.25, 0.3) is 0 Å². The molecule has 3 fully saturated rings. The van der Waals surface area contributed by atoms with Crippen molar-refractivity contribution in [3.63, 3.8) is 0 Å². The van der Waals surface area contributed by atoms with E-state index >= 15 is 0 Å². The minimum absolute atomic E-state index is 0.0274. The van der Waals surface area contributed by atoms with E-state index in [9.17, 15) is 19.2 Å². The highest BCUT2D eigenvalue weighted by Crippen LogP contribution is 2.46. The zero-order valence-corrected chi connectivity index (χ0v) is 19.1. The van der Waals surface area contributed by atoms with Gasteiger partial charge in [0.2, 0.25) is 17.7 Å². The highest BCUT2D eigenvalue weighted by molar-refractivity contribution is 6.00. The molecule has 3 aliphatic rings. The molecular formula is C21H36N8O4. The van der Waals surface area contributed by atoms with E-state index in [0.717, 1.165) is 19.3 Å². The molecule has 2 aliphatic heterocycles. The molecular weight excluding hydrogens is 428 g/mol. The van der Waals surface area contributed by atoms with E-state index in [0.29, 0.717) is 38.8 Å². The Morgan fingerprint density at radius 3 is 2.33 bits per heavy atom. The first-order valence-electron chi connectivity index (χ1n) is 11.7. The predicted octanol–water partition coefficient (Wildman–Crippen LogP) is -2.56. The van der Waals surface area contributed by atoms with E-state index in [1.165, 1.54) is 0 Å². The van der Waals surface area contributed by atoms with E-state index < -0.39 is 29.6 Å². The third kappa shape index (κ3) is 5.61. The third-order valence-corrected chi connectivity index (χ3v) is 6.74. The minimum Gasteiger partial charge on any atom is -0.370 e. The first kappa shape index (κ1) is 24.9. The molecule has 0 aromatic carbocycles. The van der Waals surface area contributed by atoms with Crippen LogP contribution in [0.3, 0.4) is 0 Å². The van der Waals surface area contributed by atoms with Gasteiger partial charge in [-0.15, -0.1) is 0 Å². The van der Waals surface area contributed by atoms with Gasteiger partial charge in [0.05, 0.1) is 17.6 Å². The number of ketones is 1. The molecule has 33 heavy (non-hydrogen) atoms. The number of nitrogens with zero attached hydrogens (tertiary/aromatic N) is 2. The molecule has 9 N–H and O–H groups in total. The van der Waals surface area contributed by atoms with Gasteiger partial charge >= 0.3 is 0 Å². The number of aliphatic imine (C=N–C) groups is 1. The van der Waals surface area contributed by atoms with Crippen LogP contribution < -0.4 is 33.2 Å². The summed E-state index contributed by atoms with van der Waals surface area (Å²) in [4.78, 5) is 56.6. The van der Waals surface area contributed by atoms with Crippen LogP contribution in [-0.2, 0) is 19.2 Å². The number of unbranched alkanes of at least 4 members (excludes halogenated alkanes) is 1. The Kier molecular flexibility index (Phi) is 7.90. The average Bonchev–Trinajstić information content (AvgIpc) is 3.57. The number of nitrogens with two attached hydrogens (primary N) is 3. The molecule has 1 aliphatic carbocycles. The van der Waals surface area contributed by atoms with Crippen LogP contribution in [0, 0.1) is 0 Å². The SMILES string of the molecule is CCCC[C@H]1NC[C@H](C(=O)C2(N3C[C@@H](C(N)=O)NC(=O)[C@@H]3CCCN=C(N)N)CC2)NC1=O. The number of hydrogen-bond donors (Lipinski definition) is 6. The molecule has 12 heteroatoms. The lowest BCUT2D eigenvalue weighted by Crippen LogP contribution is -2.70. The molecule has 0 spiro atoms. The summed E-state index contributed by atoms with van der Waals surface area (Å²) >= 11 is 0. The molecule has 0 radical (unpaired) electrons. The summed E-state index contributed by atoms with van der Waals surface area (Å²) in [5.41, 5.74) is 15.3. The molecule has 4 atom stereocenters. The third-order valence-electron chi connectivity index (χ3n) is 6.74. The van der Waals surface area contributed by atoms with E-state index in [-0.39, 0.29) is 36.1 Å². The smallest absolute Gasteiger partial charge is 0.241 e. The van der Waals surface area contributed by atoms with Crippen LogP contribution in [0.1, 0.15) is 51.9 Å². The van der Waals surface area contributed by atoms with E-state index in [2.05, 4.69) is 27.9 Å². The van der Waals surface area contributed by atoms with Gasteiger partial charge in [-0.05, 0) is 32.1 Å². The number of hydrogen-bond acceptors (Lipinski definition) is 7. The van der Waals surface area contributed by atoms with Crippen molar-refractivity contribution in [2.45, 2.75) is 81.6 Å². The number of amides is 3. The summed E-state index contributed by atoms with van der Waals surface area (Å²) in [6.45, 7) is 2.90. The molecule has 3 rings (SSSR count). The monoisotopic (exact) mass is 464 g/mol.